The normalized spacial score (nSPS) is 12.9. The first-order chi connectivity index (χ1) is 10.9. The number of rotatable bonds is 9. The van der Waals surface area contributed by atoms with Crippen molar-refractivity contribution >= 4 is 15.9 Å². The smallest absolute Gasteiger partial charge is 0.241 e. The van der Waals surface area contributed by atoms with Crippen LogP contribution >= 0.6 is 0 Å². The molecule has 0 spiro atoms. The van der Waals surface area contributed by atoms with Crippen molar-refractivity contribution in [1.82, 2.24) is 9.62 Å². The van der Waals surface area contributed by atoms with E-state index in [1.807, 2.05) is 13.8 Å². The lowest BCUT2D eigenvalue weighted by Gasteiger charge is -2.26. The Hall–Kier alpha value is -1.47. The fourth-order valence-electron chi connectivity index (χ4n) is 2.17. The molecule has 1 atom stereocenters. The SMILES string of the molecule is CCCCN(CC)C(=O)C(CC)NS(=O)(=O)c1ccc(F)cc1. The summed E-state index contributed by atoms with van der Waals surface area (Å²) in [6, 6.07) is 3.71. The molecule has 0 radical (unpaired) electrons. The van der Waals surface area contributed by atoms with Crippen molar-refractivity contribution in [3.63, 3.8) is 0 Å². The van der Waals surface area contributed by atoms with Gasteiger partial charge in [0.25, 0.3) is 0 Å². The molecule has 1 amide bonds. The number of hydrogen-bond donors (Lipinski definition) is 1. The highest BCUT2D eigenvalue weighted by molar-refractivity contribution is 7.89. The van der Waals surface area contributed by atoms with Crippen LogP contribution < -0.4 is 4.72 Å². The second kappa shape index (κ2) is 8.98. The van der Waals surface area contributed by atoms with Gasteiger partial charge in [-0.2, -0.15) is 4.72 Å². The maximum absolute atomic E-state index is 12.9. The van der Waals surface area contributed by atoms with E-state index in [2.05, 4.69) is 4.72 Å². The highest BCUT2D eigenvalue weighted by atomic mass is 32.2. The maximum atomic E-state index is 12.9. The van der Waals surface area contributed by atoms with Gasteiger partial charge in [-0.25, -0.2) is 12.8 Å². The Morgan fingerprint density at radius 2 is 1.83 bits per heavy atom. The van der Waals surface area contributed by atoms with Crippen LogP contribution in [0.4, 0.5) is 4.39 Å². The number of carbonyl (C=O) groups excluding carboxylic acids is 1. The zero-order valence-electron chi connectivity index (χ0n) is 13.9. The third-order valence-electron chi connectivity index (χ3n) is 3.60. The van der Waals surface area contributed by atoms with Gasteiger partial charge in [0.2, 0.25) is 15.9 Å². The lowest BCUT2D eigenvalue weighted by molar-refractivity contribution is -0.132. The number of amides is 1. The number of carbonyl (C=O) groups is 1. The maximum Gasteiger partial charge on any atom is 0.241 e. The van der Waals surface area contributed by atoms with E-state index in [1.54, 1.807) is 11.8 Å². The van der Waals surface area contributed by atoms with Crippen LogP contribution in [-0.4, -0.2) is 38.4 Å². The van der Waals surface area contributed by atoms with E-state index in [9.17, 15) is 17.6 Å². The first kappa shape index (κ1) is 19.6. The Labute approximate surface area is 137 Å². The predicted molar refractivity (Wildman–Crippen MR) is 88.0 cm³/mol. The lowest BCUT2D eigenvalue weighted by atomic mass is 10.2. The van der Waals surface area contributed by atoms with E-state index in [4.69, 9.17) is 0 Å². The molecule has 0 aliphatic rings. The summed E-state index contributed by atoms with van der Waals surface area (Å²) in [5.74, 6) is -0.738. The summed E-state index contributed by atoms with van der Waals surface area (Å²) < 4.78 is 40.0. The van der Waals surface area contributed by atoms with Crippen molar-refractivity contribution in [3.05, 3.63) is 30.1 Å². The lowest BCUT2D eigenvalue weighted by Crippen LogP contribution is -2.48. The Kier molecular flexibility index (Phi) is 7.64. The molecular weight excluding hydrogens is 319 g/mol. The van der Waals surface area contributed by atoms with Gasteiger partial charge in [-0.3, -0.25) is 4.79 Å². The Morgan fingerprint density at radius 3 is 2.30 bits per heavy atom. The molecular formula is C16H25FN2O3S. The van der Waals surface area contributed by atoms with E-state index in [0.717, 1.165) is 25.0 Å². The molecule has 0 fully saturated rings. The first-order valence-corrected chi connectivity index (χ1v) is 9.40. The third-order valence-corrected chi connectivity index (χ3v) is 5.09. The second-order valence-electron chi connectivity index (χ2n) is 5.31. The van der Waals surface area contributed by atoms with Crippen molar-refractivity contribution < 1.29 is 17.6 Å². The molecule has 1 aromatic carbocycles. The van der Waals surface area contributed by atoms with Crippen LogP contribution in [0.1, 0.15) is 40.0 Å². The van der Waals surface area contributed by atoms with E-state index in [-0.39, 0.29) is 10.8 Å². The summed E-state index contributed by atoms with van der Waals surface area (Å²) >= 11 is 0. The Bertz CT molecular complexity index is 602. The molecule has 0 saturated heterocycles. The number of sulfonamides is 1. The Morgan fingerprint density at radius 1 is 1.22 bits per heavy atom. The van der Waals surface area contributed by atoms with Crippen LogP contribution in [0.2, 0.25) is 0 Å². The molecule has 5 nitrogen and oxygen atoms in total. The molecule has 130 valence electrons. The van der Waals surface area contributed by atoms with Crippen LogP contribution in [0.3, 0.4) is 0 Å². The predicted octanol–water partition coefficient (Wildman–Crippen LogP) is 2.53. The van der Waals surface area contributed by atoms with Crippen LogP contribution in [0, 0.1) is 5.82 Å². The summed E-state index contributed by atoms with van der Waals surface area (Å²) in [6.45, 7) is 6.80. The zero-order chi connectivity index (χ0) is 17.5. The fraction of sp³-hybridized carbons (Fsp3) is 0.562. The molecule has 1 unspecified atom stereocenters. The third kappa shape index (κ3) is 5.58. The number of halogens is 1. The molecule has 1 rings (SSSR count). The fourth-order valence-corrected chi connectivity index (χ4v) is 3.44. The number of unbranched alkanes of at least 4 members (excludes halogenated alkanes) is 1. The number of nitrogens with zero attached hydrogens (tertiary/aromatic N) is 1. The highest BCUT2D eigenvalue weighted by Crippen LogP contribution is 2.12. The minimum absolute atomic E-state index is 0.0539. The van der Waals surface area contributed by atoms with E-state index in [0.29, 0.717) is 19.5 Å². The molecule has 0 heterocycles. The highest BCUT2D eigenvalue weighted by Gasteiger charge is 2.27. The summed E-state index contributed by atoms with van der Waals surface area (Å²) in [7, 11) is -3.86. The first-order valence-electron chi connectivity index (χ1n) is 7.92. The minimum Gasteiger partial charge on any atom is -0.342 e. The van der Waals surface area contributed by atoms with E-state index in [1.165, 1.54) is 12.1 Å². The number of likely N-dealkylation sites (N-methyl/N-ethyl adjacent to an activating group) is 1. The standard InChI is InChI=1S/C16H25FN2O3S/c1-4-7-12-19(6-3)16(20)15(5-2)18-23(21,22)14-10-8-13(17)9-11-14/h8-11,15,18H,4-7,12H2,1-3H3. The van der Waals surface area contributed by atoms with Crippen LogP contribution in [0.5, 0.6) is 0 Å². The van der Waals surface area contributed by atoms with Gasteiger partial charge in [0, 0.05) is 13.1 Å². The summed E-state index contributed by atoms with van der Waals surface area (Å²) in [4.78, 5) is 14.1. The minimum atomic E-state index is -3.86. The molecule has 0 bridgehead atoms. The van der Waals surface area contributed by atoms with Gasteiger partial charge in [0.15, 0.2) is 0 Å². The summed E-state index contributed by atoms with van der Waals surface area (Å²) in [6.07, 6.45) is 2.19. The summed E-state index contributed by atoms with van der Waals surface area (Å²) in [5, 5.41) is 0. The van der Waals surface area contributed by atoms with Crippen molar-refractivity contribution in [3.8, 4) is 0 Å². The molecule has 7 heteroatoms. The van der Waals surface area contributed by atoms with Gasteiger partial charge in [0.1, 0.15) is 11.9 Å². The monoisotopic (exact) mass is 344 g/mol. The number of benzene rings is 1. The molecule has 0 aliphatic carbocycles. The van der Waals surface area contributed by atoms with Crippen molar-refractivity contribution in [2.75, 3.05) is 13.1 Å². The average Bonchev–Trinajstić information content (AvgIpc) is 2.53. The van der Waals surface area contributed by atoms with Gasteiger partial charge < -0.3 is 4.90 Å². The van der Waals surface area contributed by atoms with Crippen molar-refractivity contribution in [1.29, 1.82) is 0 Å². The van der Waals surface area contributed by atoms with E-state index >= 15 is 0 Å². The molecule has 0 saturated carbocycles. The number of nitrogens with one attached hydrogen (secondary N) is 1. The van der Waals surface area contributed by atoms with Gasteiger partial charge in [0.05, 0.1) is 4.90 Å². The van der Waals surface area contributed by atoms with E-state index < -0.39 is 21.9 Å². The topological polar surface area (TPSA) is 66.5 Å². The number of hydrogen-bond acceptors (Lipinski definition) is 3. The van der Waals surface area contributed by atoms with Gasteiger partial charge in [-0.1, -0.05) is 20.3 Å². The molecule has 0 aliphatic heterocycles. The molecule has 1 N–H and O–H groups in total. The van der Waals surface area contributed by atoms with Crippen LogP contribution in [-0.2, 0) is 14.8 Å². The van der Waals surface area contributed by atoms with Gasteiger partial charge in [-0.15, -0.1) is 0 Å². The van der Waals surface area contributed by atoms with Crippen LogP contribution in [0.15, 0.2) is 29.2 Å². The van der Waals surface area contributed by atoms with Crippen molar-refractivity contribution in [2.24, 2.45) is 0 Å². The second-order valence-corrected chi connectivity index (χ2v) is 7.02. The summed E-state index contributed by atoms with van der Waals surface area (Å²) in [5.41, 5.74) is 0. The molecule has 0 aromatic heterocycles. The zero-order valence-corrected chi connectivity index (χ0v) is 14.7. The largest absolute Gasteiger partial charge is 0.342 e. The van der Waals surface area contributed by atoms with Crippen molar-refractivity contribution in [2.45, 2.75) is 51.0 Å². The molecule has 1 aromatic rings. The van der Waals surface area contributed by atoms with Gasteiger partial charge >= 0.3 is 0 Å². The molecule has 23 heavy (non-hydrogen) atoms. The van der Waals surface area contributed by atoms with Gasteiger partial charge in [-0.05, 0) is 44.0 Å². The Balaban J connectivity index is 2.89. The average molecular weight is 344 g/mol. The van der Waals surface area contributed by atoms with Crippen LogP contribution in [0.25, 0.3) is 0 Å². The quantitative estimate of drug-likeness (QED) is 0.748.